The SMILES string of the molecule is C1CC([C](C2CCC2)C2CCC2)C1. The zero-order chi connectivity index (χ0) is 8.67. The largest absolute Gasteiger partial charge is 0.0527 e. The van der Waals surface area contributed by atoms with E-state index in [1.807, 2.05) is 0 Å². The van der Waals surface area contributed by atoms with Crippen molar-refractivity contribution < 1.29 is 0 Å². The fourth-order valence-electron chi connectivity index (χ4n) is 3.22. The molecule has 0 heterocycles. The second-order valence-electron chi connectivity index (χ2n) is 5.38. The molecule has 3 rings (SSSR count). The Morgan fingerprint density at radius 1 is 0.538 bits per heavy atom. The van der Waals surface area contributed by atoms with Gasteiger partial charge in [0.2, 0.25) is 0 Å². The van der Waals surface area contributed by atoms with Gasteiger partial charge in [-0.3, -0.25) is 0 Å². The van der Waals surface area contributed by atoms with Crippen molar-refractivity contribution in [3.8, 4) is 0 Å². The molecule has 0 atom stereocenters. The van der Waals surface area contributed by atoms with Crippen LogP contribution in [0.1, 0.15) is 57.8 Å². The topological polar surface area (TPSA) is 0 Å². The van der Waals surface area contributed by atoms with Gasteiger partial charge in [0.15, 0.2) is 0 Å². The first-order valence-corrected chi connectivity index (χ1v) is 6.32. The number of hydrogen-bond acceptors (Lipinski definition) is 0. The van der Waals surface area contributed by atoms with Crippen molar-refractivity contribution >= 4 is 0 Å². The highest BCUT2D eigenvalue weighted by Crippen LogP contribution is 2.53. The molecule has 0 spiro atoms. The Hall–Kier alpha value is 0. The highest BCUT2D eigenvalue weighted by atomic mass is 14.5. The normalized spacial score (nSPS) is 31.2. The number of hydrogen-bond donors (Lipinski definition) is 0. The van der Waals surface area contributed by atoms with Crippen LogP contribution in [0, 0.1) is 23.7 Å². The minimum Gasteiger partial charge on any atom is -0.0527 e. The minimum absolute atomic E-state index is 1.09. The molecule has 0 aliphatic heterocycles. The van der Waals surface area contributed by atoms with Gasteiger partial charge in [-0.25, -0.2) is 0 Å². The van der Waals surface area contributed by atoms with E-state index in [2.05, 4.69) is 5.92 Å². The van der Waals surface area contributed by atoms with Crippen LogP contribution in [-0.2, 0) is 0 Å². The molecule has 13 heavy (non-hydrogen) atoms. The average Bonchev–Trinajstić information content (AvgIpc) is 1.73. The maximum absolute atomic E-state index is 2.06. The van der Waals surface area contributed by atoms with E-state index in [4.69, 9.17) is 0 Å². The van der Waals surface area contributed by atoms with Crippen LogP contribution >= 0.6 is 0 Å². The van der Waals surface area contributed by atoms with Gasteiger partial charge >= 0.3 is 0 Å². The second-order valence-corrected chi connectivity index (χ2v) is 5.38. The van der Waals surface area contributed by atoms with Crippen LogP contribution in [0.3, 0.4) is 0 Å². The van der Waals surface area contributed by atoms with Crippen LogP contribution in [0.4, 0.5) is 0 Å². The fraction of sp³-hybridized carbons (Fsp3) is 0.923. The van der Waals surface area contributed by atoms with Gasteiger partial charge in [-0.05, 0) is 62.2 Å². The van der Waals surface area contributed by atoms with E-state index in [0.29, 0.717) is 0 Å². The third kappa shape index (κ3) is 1.33. The summed E-state index contributed by atoms with van der Waals surface area (Å²) >= 11 is 0. The Morgan fingerprint density at radius 2 is 0.846 bits per heavy atom. The summed E-state index contributed by atoms with van der Waals surface area (Å²) in [6, 6.07) is 0. The highest BCUT2D eigenvalue weighted by Gasteiger charge is 2.42. The Kier molecular flexibility index (Phi) is 2.11. The minimum atomic E-state index is 1.09. The Labute approximate surface area is 82.1 Å². The van der Waals surface area contributed by atoms with Crippen molar-refractivity contribution in [2.75, 3.05) is 0 Å². The first kappa shape index (κ1) is 8.32. The summed E-state index contributed by atoms with van der Waals surface area (Å²) in [7, 11) is 0. The van der Waals surface area contributed by atoms with Crippen LogP contribution in [-0.4, -0.2) is 0 Å². The van der Waals surface area contributed by atoms with E-state index in [1.165, 1.54) is 19.3 Å². The van der Waals surface area contributed by atoms with Gasteiger partial charge in [0.1, 0.15) is 0 Å². The molecule has 0 N–H and O–H groups in total. The quantitative estimate of drug-likeness (QED) is 0.612. The van der Waals surface area contributed by atoms with Gasteiger partial charge in [-0.1, -0.05) is 19.3 Å². The lowest BCUT2D eigenvalue weighted by molar-refractivity contribution is 0.144. The molecule has 0 amide bonds. The Bertz CT molecular complexity index is 139. The van der Waals surface area contributed by atoms with E-state index < -0.39 is 0 Å². The van der Waals surface area contributed by atoms with Crippen LogP contribution in [0.15, 0.2) is 0 Å². The van der Waals surface area contributed by atoms with Gasteiger partial charge in [-0.2, -0.15) is 0 Å². The van der Waals surface area contributed by atoms with Crippen molar-refractivity contribution in [2.45, 2.75) is 57.8 Å². The molecule has 3 aliphatic carbocycles. The van der Waals surface area contributed by atoms with Crippen molar-refractivity contribution in [1.29, 1.82) is 0 Å². The predicted molar refractivity (Wildman–Crippen MR) is 55.3 cm³/mol. The van der Waals surface area contributed by atoms with E-state index in [0.717, 1.165) is 17.8 Å². The molecule has 0 aromatic carbocycles. The summed E-state index contributed by atoms with van der Waals surface area (Å²) in [5.74, 6) is 5.34. The zero-order valence-corrected chi connectivity index (χ0v) is 8.60. The molecule has 0 unspecified atom stereocenters. The molecule has 0 nitrogen and oxygen atoms in total. The van der Waals surface area contributed by atoms with Crippen LogP contribution in [0.25, 0.3) is 0 Å². The van der Waals surface area contributed by atoms with Crippen molar-refractivity contribution in [3.63, 3.8) is 0 Å². The maximum atomic E-state index is 2.06. The molecule has 3 aliphatic rings. The molecule has 0 aromatic heterocycles. The van der Waals surface area contributed by atoms with Crippen molar-refractivity contribution in [1.82, 2.24) is 0 Å². The van der Waals surface area contributed by atoms with Gasteiger partial charge in [-0.15, -0.1) is 0 Å². The van der Waals surface area contributed by atoms with E-state index in [1.54, 1.807) is 38.5 Å². The Balaban J connectivity index is 1.64. The van der Waals surface area contributed by atoms with Gasteiger partial charge in [0, 0.05) is 0 Å². The second kappa shape index (κ2) is 3.29. The van der Waals surface area contributed by atoms with Crippen LogP contribution < -0.4 is 0 Å². The molecule has 3 fully saturated rings. The molecule has 3 saturated carbocycles. The smallest absolute Gasteiger partial charge is 0.0148 e. The van der Waals surface area contributed by atoms with Gasteiger partial charge in [0.05, 0.1) is 0 Å². The van der Waals surface area contributed by atoms with Crippen molar-refractivity contribution in [2.24, 2.45) is 17.8 Å². The molecule has 0 bridgehead atoms. The summed E-state index contributed by atoms with van der Waals surface area (Å²) in [4.78, 5) is 0. The van der Waals surface area contributed by atoms with E-state index in [9.17, 15) is 0 Å². The lowest BCUT2D eigenvalue weighted by Crippen LogP contribution is -2.38. The molecule has 0 aromatic rings. The van der Waals surface area contributed by atoms with E-state index in [-0.39, 0.29) is 0 Å². The zero-order valence-electron chi connectivity index (χ0n) is 8.60. The number of rotatable bonds is 3. The standard InChI is InChI=1S/C13H21/c1-4-10(5-1)13(11-6-2-7-11)12-8-3-9-12/h10-12H,1-9H2. The molecule has 0 heteroatoms. The van der Waals surface area contributed by atoms with Crippen molar-refractivity contribution in [3.05, 3.63) is 5.92 Å². The third-order valence-electron chi connectivity index (χ3n) is 4.73. The lowest BCUT2D eigenvalue weighted by Gasteiger charge is -2.49. The molecule has 0 saturated heterocycles. The molecular formula is C13H21. The first-order chi connectivity index (χ1) is 6.45. The van der Waals surface area contributed by atoms with Gasteiger partial charge in [0.25, 0.3) is 0 Å². The van der Waals surface area contributed by atoms with Crippen LogP contribution in [0.5, 0.6) is 0 Å². The summed E-state index contributed by atoms with van der Waals surface area (Å²) in [6.07, 6.45) is 13.8. The maximum Gasteiger partial charge on any atom is -0.0148 e. The van der Waals surface area contributed by atoms with Gasteiger partial charge < -0.3 is 0 Å². The third-order valence-corrected chi connectivity index (χ3v) is 4.73. The summed E-state index contributed by atoms with van der Waals surface area (Å²) in [5.41, 5.74) is 0. The first-order valence-electron chi connectivity index (χ1n) is 6.32. The van der Waals surface area contributed by atoms with E-state index >= 15 is 0 Å². The predicted octanol–water partition coefficient (Wildman–Crippen LogP) is 3.96. The highest BCUT2D eigenvalue weighted by molar-refractivity contribution is 5.12. The molecule has 73 valence electrons. The lowest BCUT2D eigenvalue weighted by atomic mass is 9.56. The summed E-state index contributed by atoms with van der Waals surface area (Å²) < 4.78 is 0. The summed E-state index contributed by atoms with van der Waals surface area (Å²) in [6.45, 7) is 0. The Morgan fingerprint density at radius 3 is 1.00 bits per heavy atom. The molecular weight excluding hydrogens is 156 g/mol. The van der Waals surface area contributed by atoms with Crippen LogP contribution in [0.2, 0.25) is 0 Å². The fourth-order valence-corrected chi connectivity index (χ4v) is 3.22. The monoisotopic (exact) mass is 177 g/mol. The molecule has 1 radical (unpaired) electrons. The average molecular weight is 177 g/mol. The summed E-state index contributed by atoms with van der Waals surface area (Å²) in [5, 5.41) is 0.